The molecule has 1 amide bonds. The minimum Gasteiger partial charge on any atom is -0.319 e. The molecule has 29 heavy (non-hydrogen) atoms. The van der Waals surface area contributed by atoms with Gasteiger partial charge in [-0.1, -0.05) is 34.9 Å². The Bertz CT molecular complexity index is 1190. The lowest BCUT2D eigenvalue weighted by molar-refractivity contribution is -0.135. The lowest BCUT2D eigenvalue weighted by Gasteiger charge is -2.25. The Labute approximate surface area is 174 Å². The first-order valence-corrected chi connectivity index (χ1v) is 9.58. The maximum absolute atomic E-state index is 13.6. The third-order valence-corrected chi connectivity index (χ3v) is 5.36. The van der Waals surface area contributed by atoms with Gasteiger partial charge in [-0.25, -0.2) is 9.18 Å². The lowest BCUT2D eigenvalue weighted by Crippen LogP contribution is -2.30. The van der Waals surface area contributed by atoms with Crippen LogP contribution in [0, 0.1) is 12.7 Å². The van der Waals surface area contributed by atoms with Crippen LogP contribution in [0.3, 0.4) is 0 Å². The Hall–Kier alpha value is -2.87. The fraction of sp³-hybridized carbons (Fsp3) is 0.238. The van der Waals surface area contributed by atoms with Crippen LogP contribution in [0.2, 0.25) is 0 Å². The van der Waals surface area contributed by atoms with Crippen LogP contribution in [-0.4, -0.2) is 16.8 Å². The summed E-state index contributed by atoms with van der Waals surface area (Å²) in [5.41, 5.74) is 0.0908. The smallest absolute Gasteiger partial charge is 0.319 e. The molecule has 0 radical (unpaired) electrons. The first-order valence-electron chi connectivity index (χ1n) is 8.78. The van der Waals surface area contributed by atoms with Crippen LogP contribution in [0.4, 0.5) is 10.1 Å². The SMILES string of the molecule is Cc1noc(=O)c2ccc(NC(=O)C(=O)CC(C)(C)c3cc(F)ccc3Br)cc12. The summed E-state index contributed by atoms with van der Waals surface area (Å²) in [4.78, 5) is 36.7. The maximum Gasteiger partial charge on any atom is 0.366 e. The number of hydrogen-bond donors (Lipinski definition) is 1. The van der Waals surface area contributed by atoms with Gasteiger partial charge in [0.25, 0.3) is 5.91 Å². The molecule has 0 spiro atoms. The van der Waals surface area contributed by atoms with E-state index in [1.54, 1.807) is 32.9 Å². The Balaban J connectivity index is 1.79. The predicted molar refractivity (Wildman–Crippen MR) is 110 cm³/mol. The summed E-state index contributed by atoms with van der Waals surface area (Å²) in [6.45, 7) is 5.20. The van der Waals surface area contributed by atoms with Crippen molar-refractivity contribution in [1.29, 1.82) is 0 Å². The van der Waals surface area contributed by atoms with E-state index in [1.165, 1.54) is 24.3 Å². The van der Waals surface area contributed by atoms with Crippen molar-refractivity contribution < 1.29 is 18.5 Å². The number of Topliss-reactive ketones (excluding diaryl/α,β-unsaturated/α-hetero) is 1. The molecule has 0 aliphatic rings. The van der Waals surface area contributed by atoms with Gasteiger partial charge >= 0.3 is 5.63 Å². The normalized spacial score (nSPS) is 11.5. The molecule has 0 saturated heterocycles. The Morgan fingerprint density at radius 1 is 1.17 bits per heavy atom. The Kier molecular flexibility index (Phi) is 5.66. The average molecular weight is 461 g/mol. The van der Waals surface area contributed by atoms with E-state index in [0.29, 0.717) is 32.2 Å². The number of rotatable bonds is 5. The Morgan fingerprint density at radius 3 is 2.62 bits per heavy atom. The molecule has 3 rings (SSSR count). The van der Waals surface area contributed by atoms with Gasteiger partial charge in [0.1, 0.15) is 5.82 Å². The van der Waals surface area contributed by atoms with Crippen molar-refractivity contribution in [3.63, 3.8) is 0 Å². The number of ketones is 1. The standard InChI is InChI=1S/C21H18BrFN2O4/c1-11-15-9-13(5-6-14(15)20(28)29-25-11)24-19(27)18(26)10-21(2,3)16-8-12(23)4-7-17(16)22/h4-9H,10H2,1-3H3,(H,24,27). The number of carbonyl (C=O) groups excluding carboxylic acids is 2. The van der Waals surface area contributed by atoms with Gasteiger partial charge in [0, 0.05) is 22.0 Å². The van der Waals surface area contributed by atoms with Crippen LogP contribution in [0.25, 0.3) is 10.8 Å². The quantitative estimate of drug-likeness (QED) is 0.574. The zero-order valence-corrected chi connectivity index (χ0v) is 17.6. The second kappa shape index (κ2) is 7.87. The lowest BCUT2D eigenvalue weighted by atomic mass is 9.80. The zero-order valence-electron chi connectivity index (χ0n) is 16.0. The van der Waals surface area contributed by atoms with E-state index in [0.717, 1.165) is 0 Å². The van der Waals surface area contributed by atoms with Crippen molar-refractivity contribution in [2.24, 2.45) is 0 Å². The fourth-order valence-electron chi connectivity index (χ4n) is 3.10. The molecule has 150 valence electrons. The third kappa shape index (κ3) is 4.42. The summed E-state index contributed by atoms with van der Waals surface area (Å²) < 4.78 is 19.0. The molecule has 0 aliphatic heterocycles. The summed E-state index contributed by atoms with van der Waals surface area (Å²) in [6, 6.07) is 8.81. The molecule has 0 bridgehead atoms. The largest absolute Gasteiger partial charge is 0.366 e. The van der Waals surface area contributed by atoms with Crippen molar-refractivity contribution >= 4 is 44.1 Å². The highest BCUT2D eigenvalue weighted by Gasteiger charge is 2.29. The first-order chi connectivity index (χ1) is 13.6. The monoisotopic (exact) mass is 460 g/mol. The van der Waals surface area contributed by atoms with Crippen molar-refractivity contribution in [1.82, 2.24) is 5.16 Å². The highest BCUT2D eigenvalue weighted by molar-refractivity contribution is 9.10. The summed E-state index contributed by atoms with van der Waals surface area (Å²) in [6.07, 6.45) is -0.112. The van der Waals surface area contributed by atoms with E-state index in [-0.39, 0.29) is 6.42 Å². The van der Waals surface area contributed by atoms with Gasteiger partial charge < -0.3 is 9.84 Å². The molecule has 0 fully saturated rings. The van der Waals surface area contributed by atoms with Crippen LogP contribution in [-0.2, 0) is 15.0 Å². The highest BCUT2D eigenvalue weighted by Crippen LogP contribution is 2.33. The minimum absolute atomic E-state index is 0.112. The molecule has 1 heterocycles. The number of nitrogens with one attached hydrogen (secondary N) is 1. The molecule has 0 aliphatic carbocycles. The molecule has 8 heteroatoms. The van der Waals surface area contributed by atoms with Crippen molar-refractivity contribution in [3.8, 4) is 0 Å². The summed E-state index contributed by atoms with van der Waals surface area (Å²) in [7, 11) is 0. The molecule has 0 unspecified atom stereocenters. The maximum atomic E-state index is 13.6. The van der Waals surface area contributed by atoms with Crippen LogP contribution < -0.4 is 10.9 Å². The molecule has 1 N–H and O–H groups in total. The molecule has 3 aromatic rings. The number of benzene rings is 2. The predicted octanol–water partition coefficient (Wildman–Crippen LogP) is 4.27. The number of aryl methyl sites for hydroxylation is 1. The van der Waals surface area contributed by atoms with Gasteiger partial charge in [0.2, 0.25) is 5.78 Å². The second-order valence-corrected chi connectivity index (χ2v) is 8.23. The molecule has 6 nitrogen and oxygen atoms in total. The molecule has 0 saturated carbocycles. The number of nitrogens with zero attached hydrogens (tertiary/aromatic N) is 1. The summed E-state index contributed by atoms with van der Waals surface area (Å²) in [5.74, 6) is -1.86. The van der Waals surface area contributed by atoms with Gasteiger partial charge in [0.15, 0.2) is 0 Å². The van der Waals surface area contributed by atoms with Gasteiger partial charge in [-0.05, 0) is 54.3 Å². The van der Waals surface area contributed by atoms with Crippen molar-refractivity contribution in [2.45, 2.75) is 32.6 Å². The van der Waals surface area contributed by atoms with E-state index in [2.05, 4.69) is 30.9 Å². The van der Waals surface area contributed by atoms with Crippen LogP contribution in [0.15, 0.2) is 50.2 Å². The van der Waals surface area contributed by atoms with E-state index in [1.807, 2.05) is 0 Å². The number of amides is 1. The number of anilines is 1. The highest BCUT2D eigenvalue weighted by atomic mass is 79.9. The number of halogens is 2. The van der Waals surface area contributed by atoms with E-state index >= 15 is 0 Å². The minimum atomic E-state index is -0.793. The van der Waals surface area contributed by atoms with Crippen molar-refractivity contribution in [3.05, 3.63) is 68.4 Å². The molecule has 0 atom stereocenters. The molecular weight excluding hydrogens is 443 g/mol. The van der Waals surface area contributed by atoms with E-state index < -0.39 is 28.5 Å². The summed E-state index contributed by atoms with van der Waals surface area (Å²) in [5, 5.41) is 7.06. The topological polar surface area (TPSA) is 89.3 Å². The molecule has 2 aromatic carbocycles. The van der Waals surface area contributed by atoms with Gasteiger partial charge in [-0.2, -0.15) is 0 Å². The fourth-order valence-corrected chi connectivity index (χ4v) is 3.88. The van der Waals surface area contributed by atoms with Crippen LogP contribution in [0.5, 0.6) is 0 Å². The number of hydrogen-bond acceptors (Lipinski definition) is 5. The Morgan fingerprint density at radius 2 is 1.90 bits per heavy atom. The van der Waals surface area contributed by atoms with Gasteiger partial charge in [0.05, 0.1) is 11.1 Å². The second-order valence-electron chi connectivity index (χ2n) is 7.38. The van der Waals surface area contributed by atoms with E-state index in [9.17, 15) is 18.8 Å². The zero-order chi connectivity index (χ0) is 21.3. The van der Waals surface area contributed by atoms with Gasteiger partial charge in [-0.15, -0.1) is 0 Å². The van der Waals surface area contributed by atoms with Crippen molar-refractivity contribution in [2.75, 3.05) is 5.32 Å². The summed E-state index contributed by atoms with van der Waals surface area (Å²) >= 11 is 3.36. The molecule has 1 aromatic heterocycles. The van der Waals surface area contributed by atoms with Crippen LogP contribution in [0.1, 0.15) is 31.5 Å². The van der Waals surface area contributed by atoms with Gasteiger partial charge in [-0.3, -0.25) is 9.59 Å². The number of fused-ring (bicyclic) bond motifs is 1. The van der Waals surface area contributed by atoms with Crippen LogP contribution >= 0.6 is 15.9 Å². The third-order valence-electron chi connectivity index (χ3n) is 4.67. The number of aromatic nitrogens is 1. The first kappa shape index (κ1) is 20.9. The van der Waals surface area contributed by atoms with E-state index in [4.69, 9.17) is 0 Å². The molecular formula is C21H18BrFN2O4. The number of carbonyl (C=O) groups is 2. The average Bonchev–Trinajstić information content (AvgIpc) is 2.66.